The van der Waals surface area contributed by atoms with Crippen LogP contribution in [0.5, 0.6) is 0 Å². The van der Waals surface area contributed by atoms with Crippen LogP contribution in [0.25, 0.3) is 0 Å². The first-order valence-corrected chi connectivity index (χ1v) is 10.2. The van der Waals surface area contributed by atoms with Gasteiger partial charge in [0.2, 0.25) is 0 Å². The lowest BCUT2D eigenvalue weighted by Crippen LogP contribution is -2.31. The molecule has 144 valence electrons. The van der Waals surface area contributed by atoms with Gasteiger partial charge in [-0.1, -0.05) is 12.1 Å². The van der Waals surface area contributed by atoms with E-state index in [-0.39, 0.29) is 11.9 Å². The van der Waals surface area contributed by atoms with Gasteiger partial charge in [0.05, 0.1) is 0 Å². The van der Waals surface area contributed by atoms with Crippen LogP contribution in [0.2, 0.25) is 0 Å². The summed E-state index contributed by atoms with van der Waals surface area (Å²) in [7, 11) is 1.76. The van der Waals surface area contributed by atoms with Gasteiger partial charge in [0.15, 0.2) is 0 Å². The van der Waals surface area contributed by atoms with Crippen LogP contribution in [0, 0.1) is 0 Å². The van der Waals surface area contributed by atoms with Crippen molar-refractivity contribution < 1.29 is 9.59 Å². The van der Waals surface area contributed by atoms with Gasteiger partial charge in [-0.15, -0.1) is 11.8 Å². The third-order valence-electron chi connectivity index (χ3n) is 4.36. The number of anilines is 1. The van der Waals surface area contributed by atoms with Gasteiger partial charge in [0.25, 0.3) is 5.91 Å². The van der Waals surface area contributed by atoms with Crippen molar-refractivity contribution in [3.8, 4) is 0 Å². The number of benzene rings is 2. The van der Waals surface area contributed by atoms with Crippen molar-refractivity contribution in [1.82, 2.24) is 9.80 Å². The molecule has 0 radical (unpaired) electrons. The lowest BCUT2D eigenvalue weighted by molar-refractivity contribution is 0.0773. The SMILES string of the molecule is CCN(CC)C(=O)c1ccc(NC(=O)N(C)Cc2ccc(SC)cc2)cc1. The fraction of sp³-hybridized carbons (Fsp3) is 0.333. The quantitative estimate of drug-likeness (QED) is 0.711. The highest BCUT2D eigenvalue weighted by Gasteiger charge is 2.13. The molecule has 0 saturated heterocycles. The number of nitrogens with one attached hydrogen (secondary N) is 1. The van der Waals surface area contributed by atoms with E-state index in [2.05, 4.69) is 17.4 Å². The molecule has 0 saturated carbocycles. The summed E-state index contributed by atoms with van der Waals surface area (Å²) in [6, 6.07) is 15.0. The molecular formula is C21H27N3O2S. The van der Waals surface area contributed by atoms with Crippen LogP contribution in [-0.2, 0) is 6.54 Å². The first-order valence-electron chi connectivity index (χ1n) is 9.02. The molecule has 2 rings (SSSR count). The Kier molecular flexibility index (Phi) is 7.73. The molecule has 0 heterocycles. The van der Waals surface area contributed by atoms with Crippen molar-refractivity contribution in [3.05, 3.63) is 59.7 Å². The van der Waals surface area contributed by atoms with Gasteiger partial charge in [-0.25, -0.2) is 4.79 Å². The number of hydrogen-bond donors (Lipinski definition) is 1. The smallest absolute Gasteiger partial charge is 0.321 e. The number of nitrogens with zero attached hydrogens (tertiary/aromatic N) is 2. The number of rotatable bonds is 7. The topological polar surface area (TPSA) is 52.7 Å². The van der Waals surface area contributed by atoms with Crippen LogP contribution in [0.15, 0.2) is 53.4 Å². The predicted molar refractivity (Wildman–Crippen MR) is 112 cm³/mol. The Bertz CT molecular complexity index is 756. The van der Waals surface area contributed by atoms with Gasteiger partial charge in [0, 0.05) is 42.8 Å². The first kappa shape index (κ1) is 20.8. The van der Waals surface area contributed by atoms with Gasteiger partial charge in [-0.05, 0) is 62.1 Å². The minimum absolute atomic E-state index is 0.00341. The molecule has 1 N–H and O–H groups in total. The largest absolute Gasteiger partial charge is 0.339 e. The average Bonchev–Trinajstić information content (AvgIpc) is 2.70. The minimum atomic E-state index is -0.188. The number of carbonyl (C=O) groups excluding carboxylic acids is 2. The van der Waals surface area contributed by atoms with Crippen molar-refractivity contribution >= 4 is 29.4 Å². The van der Waals surface area contributed by atoms with Crippen LogP contribution in [-0.4, -0.2) is 48.1 Å². The molecule has 0 aliphatic rings. The number of urea groups is 1. The van der Waals surface area contributed by atoms with E-state index in [1.807, 2.05) is 32.2 Å². The van der Waals surface area contributed by atoms with E-state index in [1.165, 1.54) is 4.90 Å². The summed E-state index contributed by atoms with van der Waals surface area (Å²) in [6.07, 6.45) is 2.04. The fourth-order valence-corrected chi connectivity index (χ4v) is 3.09. The molecule has 0 fully saturated rings. The first-order chi connectivity index (χ1) is 13.0. The summed E-state index contributed by atoms with van der Waals surface area (Å²) < 4.78 is 0. The molecule has 0 aliphatic heterocycles. The van der Waals surface area contributed by atoms with Crippen LogP contribution in [0.3, 0.4) is 0 Å². The van der Waals surface area contributed by atoms with Gasteiger partial charge in [-0.3, -0.25) is 4.79 Å². The van der Waals surface area contributed by atoms with E-state index < -0.39 is 0 Å². The Hall–Kier alpha value is -2.47. The van der Waals surface area contributed by atoms with Crippen LogP contribution < -0.4 is 5.32 Å². The predicted octanol–water partition coefficient (Wildman–Crippen LogP) is 4.55. The van der Waals surface area contributed by atoms with Gasteiger partial charge < -0.3 is 15.1 Å². The maximum atomic E-state index is 12.4. The van der Waals surface area contributed by atoms with E-state index in [0.717, 1.165) is 5.56 Å². The maximum absolute atomic E-state index is 12.4. The molecule has 2 aromatic carbocycles. The van der Waals surface area contributed by atoms with Crippen molar-refractivity contribution in [2.75, 3.05) is 31.7 Å². The number of amides is 3. The summed E-state index contributed by atoms with van der Waals surface area (Å²) in [6.45, 7) is 5.80. The Morgan fingerprint density at radius 2 is 1.56 bits per heavy atom. The highest BCUT2D eigenvalue weighted by molar-refractivity contribution is 7.98. The van der Waals surface area contributed by atoms with E-state index in [9.17, 15) is 9.59 Å². The zero-order valence-corrected chi connectivity index (χ0v) is 17.2. The second-order valence-corrected chi connectivity index (χ2v) is 7.07. The van der Waals surface area contributed by atoms with E-state index in [1.54, 1.807) is 52.9 Å². The highest BCUT2D eigenvalue weighted by atomic mass is 32.2. The molecular weight excluding hydrogens is 358 g/mol. The molecule has 0 aliphatic carbocycles. The van der Waals surface area contributed by atoms with Gasteiger partial charge in [-0.2, -0.15) is 0 Å². The zero-order chi connectivity index (χ0) is 19.8. The standard InChI is InChI=1S/C21H27N3O2S/c1-5-24(6-2)20(25)17-9-11-18(12-10-17)22-21(26)23(3)15-16-7-13-19(27-4)14-8-16/h7-14H,5-6,15H2,1-4H3,(H,22,26). The third-order valence-corrected chi connectivity index (χ3v) is 5.10. The molecule has 5 nitrogen and oxygen atoms in total. The van der Waals surface area contributed by atoms with Crippen LogP contribution in [0.4, 0.5) is 10.5 Å². The monoisotopic (exact) mass is 385 g/mol. The van der Waals surface area contributed by atoms with Crippen molar-refractivity contribution in [2.45, 2.75) is 25.3 Å². The van der Waals surface area contributed by atoms with Crippen molar-refractivity contribution in [3.63, 3.8) is 0 Å². The lowest BCUT2D eigenvalue weighted by atomic mass is 10.2. The zero-order valence-electron chi connectivity index (χ0n) is 16.4. The minimum Gasteiger partial charge on any atom is -0.339 e. The maximum Gasteiger partial charge on any atom is 0.321 e. The number of carbonyl (C=O) groups is 2. The second-order valence-electron chi connectivity index (χ2n) is 6.19. The fourth-order valence-electron chi connectivity index (χ4n) is 2.69. The van der Waals surface area contributed by atoms with E-state index >= 15 is 0 Å². The summed E-state index contributed by atoms with van der Waals surface area (Å²) >= 11 is 1.69. The van der Waals surface area contributed by atoms with E-state index in [0.29, 0.717) is 30.9 Å². The van der Waals surface area contributed by atoms with Crippen molar-refractivity contribution in [1.29, 1.82) is 0 Å². The molecule has 0 aromatic heterocycles. The molecule has 2 aromatic rings. The molecule has 0 unspecified atom stereocenters. The molecule has 3 amide bonds. The molecule has 27 heavy (non-hydrogen) atoms. The molecule has 0 spiro atoms. The van der Waals surface area contributed by atoms with Gasteiger partial charge >= 0.3 is 6.03 Å². The lowest BCUT2D eigenvalue weighted by Gasteiger charge is -2.20. The summed E-state index contributed by atoms with van der Waals surface area (Å²) in [5, 5.41) is 2.87. The van der Waals surface area contributed by atoms with E-state index in [4.69, 9.17) is 0 Å². The summed E-state index contributed by atoms with van der Waals surface area (Å²) in [5.41, 5.74) is 2.37. The highest BCUT2D eigenvalue weighted by Crippen LogP contribution is 2.16. The Morgan fingerprint density at radius 3 is 2.07 bits per heavy atom. The second kappa shape index (κ2) is 10.0. The van der Waals surface area contributed by atoms with Crippen molar-refractivity contribution in [2.24, 2.45) is 0 Å². The van der Waals surface area contributed by atoms with Gasteiger partial charge in [0.1, 0.15) is 0 Å². The third kappa shape index (κ3) is 5.76. The Balaban J connectivity index is 1.95. The van der Waals surface area contributed by atoms with Crippen LogP contribution in [0.1, 0.15) is 29.8 Å². The van der Waals surface area contributed by atoms with Crippen LogP contribution >= 0.6 is 11.8 Å². The Labute approximate surface area is 165 Å². The molecule has 6 heteroatoms. The summed E-state index contributed by atoms with van der Waals surface area (Å²) in [4.78, 5) is 29.3. The normalized spacial score (nSPS) is 10.4. The number of hydrogen-bond acceptors (Lipinski definition) is 3. The molecule has 0 atom stereocenters. The number of thioether (sulfide) groups is 1. The molecule has 0 bridgehead atoms. The average molecular weight is 386 g/mol. The Morgan fingerprint density at radius 1 is 0.963 bits per heavy atom. The summed E-state index contributed by atoms with van der Waals surface area (Å²) in [5.74, 6) is 0.00341.